The van der Waals surface area contributed by atoms with E-state index in [-0.39, 0.29) is 5.91 Å². The molecule has 0 aromatic heterocycles. The lowest BCUT2D eigenvalue weighted by Gasteiger charge is -2.09. The summed E-state index contributed by atoms with van der Waals surface area (Å²) in [6, 6.07) is 6.87. The highest BCUT2D eigenvalue weighted by Crippen LogP contribution is 2.29. The Morgan fingerprint density at radius 2 is 2.12 bits per heavy atom. The molecule has 1 aromatic carbocycles. The van der Waals surface area contributed by atoms with Gasteiger partial charge in [-0.3, -0.25) is 4.79 Å². The summed E-state index contributed by atoms with van der Waals surface area (Å²) in [5.41, 5.74) is 6.21. The van der Waals surface area contributed by atoms with E-state index in [1.165, 1.54) is 12.8 Å². The first-order valence-corrected chi connectivity index (χ1v) is 5.94. The number of hydrogen-bond donors (Lipinski definition) is 2. The van der Waals surface area contributed by atoms with Crippen LogP contribution in [0.15, 0.2) is 24.3 Å². The van der Waals surface area contributed by atoms with Gasteiger partial charge in [0.15, 0.2) is 0 Å². The molecule has 0 heterocycles. The largest absolute Gasteiger partial charge is 0.493 e. The summed E-state index contributed by atoms with van der Waals surface area (Å²) in [4.78, 5) is 11.4. The maximum Gasteiger partial charge on any atom is 0.240 e. The minimum atomic E-state index is -0.499. The normalized spacial score (nSPS) is 16.4. The van der Waals surface area contributed by atoms with E-state index < -0.39 is 6.04 Å². The molecule has 92 valence electrons. The molecule has 1 aliphatic rings. The van der Waals surface area contributed by atoms with Crippen molar-refractivity contribution in [3.63, 3.8) is 0 Å². The minimum Gasteiger partial charge on any atom is -0.493 e. The van der Waals surface area contributed by atoms with Gasteiger partial charge in [-0.05, 0) is 49.9 Å². The average molecular weight is 234 g/mol. The first kappa shape index (κ1) is 11.9. The number of carbonyl (C=O) groups excluding carboxylic acids is 1. The van der Waals surface area contributed by atoms with Crippen molar-refractivity contribution in [2.24, 2.45) is 11.7 Å². The fourth-order valence-corrected chi connectivity index (χ4v) is 1.39. The molecule has 0 radical (unpaired) electrons. The van der Waals surface area contributed by atoms with Crippen LogP contribution in [-0.2, 0) is 4.79 Å². The van der Waals surface area contributed by atoms with Crippen molar-refractivity contribution in [3.8, 4) is 5.75 Å². The number of carbonyl (C=O) groups is 1. The van der Waals surface area contributed by atoms with Crippen LogP contribution in [0.25, 0.3) is 0 Å². The van der Waals surface area contributed by atoms with E-state index in [1.54, 1.807) is 6.92 Å². The van der Waals surface area contributed by atoms with Crippen LogP contribution in [0.2, 0.25) is 0 Å². The second kappa shape index (κ2) is 5.19. The Balaban J connectivity index is 1.85. The van der Waals surface area contributed by atoms with Crippen LogP contribution in [-0.4, -0.2) is 18.6 Å². The summed E-state index contributed by atoms with van der Waals surface area (Å²) >= 11 is 0. The Hall–Kier alpha value is -1.55. The van der Waals surface area contributed by atoms with Gasteiger partial charge in [0.25, 0.3) is 0 Å². The number of nitrogens with one attached hydrogen (secondary N) is 1. The molecule has 0 saturated heterocycles. The highest BCUT2D eigenvalue weighted by Gasteiger charge is 2.21. The molecule has 1 amide bonds. The van der Waals surface area contributed by atoms with Gasteiger partial charge in [0, 0.05) is 5.69 Å². The Labute approximate surface area is 101 Å². The van der Waals surface area contributed by atoms with Gasteiger partial charge in [-0.2, -0.15) is 0 Å². The highest BCUT2D eigenvalue weighted by molar-refractivity contribution is 5.94. The van der Waals surface area contributed by atoms with Gasteiger partial charge in [0.05, 0.1) is 12.6 Å². The van der Waals surface area contributed by atoms with Crippen molar-refractivity contribution in [1.82, 2.24) is 0 Å². The Morgan fingerprint density at radius 1 is 1.47 bits per heavy atom. The fourth-order valence-electron chi connectivity index (χ4n) is 1.39. The third kappa shape index (κ3) is 3.75. The van der Waals surface area contributed by atoms with Crippen LogP contribution in [0.1, 0.15) is 19.8 Å². The molecular weight excluding hydrogens is 216 g/mol. The number of ether oxygens (including phenoxy) is 1. The molecule has 17 heavy (non-hydrogen) atoms. The predicted molar refractivity (Wildman–Crippen MR) is 66.9 cm³/mol. The smallest absolute Gasteiger partial charge is 0.240 e. The summed E-state index contributed by atoms with van der Waals surface area (Å²) in [5.74, 6) is 1.40. The van der Waals surface area contributed by atoms with Crippen LogP contribution in [0, 0.1) is 5.92 Å². The molecule has 0 spiro atoms. The minimum absolute atomic E-state index is 0.184. The maximum absolute atomic E-state index is 11.4. The van der Waals surface area contributed by atoms with Crippen molar-refractivity contribution >= 4 is 11.6 Å². The average Bonchev–Trinajstić information content (AvgIpc) is 3.12. The molecule has 3 N–H and O–H groups in total. The van der Waals surface area contributed by atoms with E-state index in [1.807, 2.05) is 24.3 Å². The molecule has 1 aliphatic carbocycles. The lowest BCUT2D eigenvalue weighted by atomic mass is 10.2. The maximum atomic E-state index is 11.4. The third-order valence-corrected chi connectivity index (χ3v) is 2.72. The SMILES string of the molecule is C[C@H](N)C(=O)Nc1ccc(OCC2CC2)cc1. The predicted octanol–water partition coefficient (Wildman–Crippen LogP) is 1.76. The zero-order chi connectivity index (χ0) is 12.3. The van der Waals surface area contributed by atoms with Gasteiger partial charge in [-0.1, -0.05) is 0 Å². The number of rotatable bonds is 5. The molecule has 4 nitrogen and oxygen atoms in total. The Morgan fingerprint density at radius 3 is 2.65 bits per heavy atom. The van der Waals surface area contributed by atoms with E-state index >= 15 is 0 Å². The summed E-state index contributed by atoms with van der Waals surface area (Å²) in [7, 11) is 0. The zero-order valence-corrected chi connectivity index (χ0v) is 9.98. The van der Waals surface area contributed by atoms with Crippen molar-refractivity contribution in [2.45, 2.75) is 25.8 Å². The summed E-state index contributed by atoms with van der Waals surface area (Å²) < 4.78 is 5.60. The number of amides is 1. The molecule has 0 unspecified atom stereocenters. The lowest BCUT2D eigenvalue weighted by molar-refractivity contribution is -0.117. The molecule has 1 atom stereocenters. The highest BCUT2D eigenvalue weighted by atomic mass is 16.5. The molecule has 0 bridgehead atoms. The molecule has 1 aromatic rings. The fraction of sp³-hybridized carbons (Fsp3) is 0.462. The van der Waals surface area contributed by atoms with Crippen molar-refractivity contribution < 1.29 is 9.53 Å². The number of nitrogens with two attached hydrogens (primary N) is 1. The third-order valence-electron chi connectivity index (χ3n) is 2.72. The standard InChI is InChI=1S/C13H18N2O2/c1-9(14)13(16)15-11-4-6-12(7-5-11)17-8-10-2-3-10/h4-7,9-10H,2-3,8,14H2,1H3,(H,15,16)/t9-/m0/s1. The Kier molecular flexibility index (Phi) is 3.64. The van der Waals surface area contributed by atoms with Gasteiger partial charge in [-0.25, -0.2) is 0 Å². The first-order chi connectivity index (χ1) is 8.15. The summed E-state index contributed by atoms with van der Waals surface area (Å²) in [6.07, 6.45) is 2.56. The second-order valence-electron chi connectivity index (χ2n) is 4.56. The molecular formula is C13H18N2O2. The number of benzene rings is 1. The summed E-state index contributed by atoms with van der Waals surface area (Å²) in [6.45, 7) is 2.45. The van der Waals surface area contributed by atoms with Gasteiger partial charge >= 0.3 is 0 Å². The topological polar surface area (TPSA) is 64.4 Å². The summed E-state index contributed by atoms with van der Waals surface area (Å²) in [5, 5.41) is 2.73. The van der Waals surface area contributed by atoms with Gasteiger partial charge < -0.3 is 15.8 Å². The van der Waals surface area contributed by atoms with Crippen LogP contribution in [0.4, 0.5) is 5.69 Å². The molecule has 4 heteroatoms. The van der Waals surface area contributed by atoms with E-state index in [4.69, 9.17) is 10.5 Å². The Bertz CT molecular complexity index is 383. The molecule has 1 saturated carbocycles. The molecule has 2 rings (SSSR count). The van der Waals surface area contributed by atoms with Gasteiger partial charge in [0.1, 0.15) is 5.75 Å². The van der Waals surface area contributed by atoms with Crippen LogP contribution < -0.4 is 15.8 Å². The van der Waals surface area contributed by atoms with E-state index in [0.29, 0.717) is 0 Å². The van der Waals surface area contributed by atoms with Crippen LogP contribution in [0.3, 0.4) is 0 Å². The van der Waals surface area contributed by atoms with E-state index in [0.717, 1.165) is 24.0 Å². The zero-order valence-electron chi connectivity index (χ0n) is 9.98. The van der Waals surface area contributed by atoms with E-state index in [9.17, 15) is 4.79 Å². The second-order valence-corrected chi connectivity index (χ2v) is 4.56. The van der Waals surface area contributed by atoms with Gasteiger partial charge in [-0.15, -0.1) is 0 Å². The molecule has 1 fully saturated rings. The quantitative estimate of drug-likeness (QED) is 0.816. The number of anilines is 1. The number of hydrogen-bond acceptors (Lipinski definition) is 3. The first-order valence-electron chi connectivity index (χ1n) is 5.94. The van der Waals surface area contributed by atoms with Gasteiger partial charge in [0.2, 0.25) is 5.91 Å². The molecule has 0 aliphatic heterocycles. The van der Waals surface area contributed by atoms with Crippen LogP contribution >= 0.6 is 0 Å². The lowest BCUT2D eigenvalue weighted by Crippen LogP contribution is -2.32. The van der Waals surface area contributed by atoms with Crippen LogP contribution in [0.5, 0.6) is 5.75 Å². The monoisotopic (exact) mass is 234 g/mol. The van der Waals surface area contributed by atoms with Crippen molar-refractivity contribution in [2.75, 3.05) is 11.9 Å². The van der Waals surface area contributed by atoms with E-state index in [2.05, 4.69) is 5.32 Å². The van der Waals surface area contributed by atoms with Crippen molar-refractivity contribution in [3.05, 3.63) is 24.3 Å². The van der Waals surface area contributed by atoms with Crippen molar-refractivity contribution in [1.29, 1.82) is 0 Å².